The standard InChI is InChI=1S/C21H20O3/c22-19(14-7-3-1-4-8-14)18-16-11-12-17(13-16)20(18)24-21(23)15-9-5-2-6-10-15/h1-12,16-20,22H,13H2/t16-,17+,18-,19?,20+/m0/s1. The highest BCUT2D eigenvalue weighted by Gasteiger charge is 2.50. The van der Waals surface area contributed by atoms with Crippen molar-refractivity contribution in [2.24, 2.45) is 17.8 Å². The zero-order valence-corrected chi connectivity index (χ0v) is 13.3. The molecule has 0 spiro atoms. The number of ether oxygens (including phenoxy) is 1. The molecule has 1 N–H and O–H groups in total. The van der Waals surface area contributed by atoms with Crippen LogP contribution in [-0.2, 0) is 4.74 Å². The third-order valence-electron chi connectivity index (χ3n) is 5.20. The van der Waals surface area contributed by atoms with Gasteiger partial charge in [0.25, 0.3) is 0 Å². The third-order valence-corrected chi connectivity index (χ3v) is 5.20. The molecule has 0 aliphatic heterocycles. The first-order valence-corrected chi connectivity index (χ1v) is 8.41. The molecule has 2 aromatic rings. The van der Waals surface area contributed by atoms with Crippen LogP contribution >= 0.6 is 0 Å². The monoisotopic (exact) mass is 320 g/mol. The number of fused-ring (bicyclic) bond motifs is 2. The Bertz CT molecular complexity index is 738. The molecule has 122 valence electrons. The summed E-state index contributed by atoms with van der Waals surface area (Å²) < 4.78 is 5.84. The lowest BCUT2D eigenvalue weighted by Crippen LogP contribution is -2.34. The predicted octanol–water partition coefficient (Wildman–Crippen LogP) is 3.77. The van der Waals surface area contributed by atoms with E-state index in [1.54, 1.807) is 12.1 Å². The molecule has 1 fully saturated rings. The highest BCUT2D eigenvalue weighted by atomic mass is 16.5. The van der Waals surface area contributed by atoms with Gasteiger partial charge in [0.1, 0.15) is 6.10 Å². The Morgan fingerprint density at radius 2 is 1.58 bits per heavy atom. The van der Waals surface area contributed by atoms with Crippen molar-refractivity contribution < 1.29 is 14.6 Å². The molecule has 4 rings (SSSR count). The number of benzene rings is 2. The number of rotatable bonds is 4. The molecule has 0 aromatic heterocycles. The first-order valence-electron chi connectivity index (χ1n) is 8.41. The second kappa shape index (κ2) is 6.25. The van der Waals surface area contributed by atoms with E-state index in [4.69, 9.17) is 4.74 Å². The van der Waals surface area contributed by atoms with Crippen molar-refractivity contribution in [3.05, 3.63) is 83.9 Å². The molecule has 2 aromatic carbocycles. The molecule has 0 amide bonds. The van der Waals surface area contributed by atoms with Gasteiger partial charge in [-0.2, -0.15) is 0 Å². The maximum absolute atomic E-state index is 12.5. The molecule has 24 heavy (non-hydrogen) atoms. The number of aliphatic hydroxyl groups is 1. The van der Waals surface area contributed by atoms with E-state index in [1.807, 2.05) is 48.5 Å². The highest BCUT2D eigenvalue weighted by molar-refractivity contribution is 5.89. The summed E-state index contributed by atoms with van der Waals surface area (Å²) in [4.78, 5) is 12.5. The summed E-state index contributed by atoms with van der Waals surface area (Å²) in [6, 6.07) is 18.7. The zero-order chi connectivity index (χ0) is 16.5. The van der Waals surface area contributed by atoms with Gasteiger partial charge in [-0.15, -0.1) is 0 Å². The summed E-state index contributed by atoms with van der Waals surface area (Å²) >= 11 is 0. The minimum atomic E-state index is -0.625. The van der Waals surface area contributed by atoms with Gasteiger partial charge < -0.3 is 9.84 Å². The Kier molecular flexibility index (Phi) is 3.95. The Morgan fingerprint density at radius 1 is 0.958 bits per heavy atom. The number of hydrogen-bond donors (Lipinski definition) is 1. The van der Waals surface area contributed by atoms with Crippen LogP contribution in [0.1, 0.15) is 28.4 Å². The van der Waals surface area contributed by atoms with Crippen molar-refractivity contribution in [2.45, 2.75) is 18.6 Å². The minimum absolute atomic E-state index is 0.0879. The fourth-order valence-corrected chi connectivity index (χ4v) is 4.03. The minimum Gasteiger partial charge on any atom is -0.458 e. The van der Waals surface area contributed by atoms with Crippen molar-refractivity contribution in [3.63, 3.8) is 0 Å². The van der Waals surface area contributed by atoms with Crippen LogP contribution in [0.5, 0.6) is 0 Å². The van der Waals surface area contributed by atoms with Gasteiger partial charge >= 0.3 is 5.97 Å². The van der Waals surface area contributed by atoms with Gasteiger partial charge in [0, 0.05) is 11.8 Å². The van der Waals surface area contributed by atoms with Crippen LogP contribution in [0.3, 0.4) is 0 Å². The van der Waals surface area contributed by atoms with Gasteiger partial charge in [-0.1, -0.05) is 60.7 Å². The molecule has 2 aliphatic rings. The number of carbonyl (C=O) groups excluding carboxylic acids is 1. The van der Waals surface area contributed by atoms with Crippen LogP contribution in [0.2, 0.25) is 0 Å². The second-order valence-corrected chi connectivity index (χ2v) is 6.62. The van der Waals surface area contributed by atoms with E-state index in [0.29, 0.717) is 5.56 Å². The molecular weight excluding hydrogens is 300 g/mol. The van der Waals surface area contributed by atoms with Crippen LogP contribution in [0, 0.1) is 17.8 Å². The maximum Gasteiger partial charge on any atom is 0.338 e. The number of hydrogen-bond acceptors (Lipinski definition) is 3. The third kappa shape index (κ3) is 2.65. The summed E-state index contributed by atoms with van der Waals surface area (Å²) in [7, 11) is 0. The summed E-state index contributed by atoms with van der Waals surface area (Å²) in [6.07, 6.45) is 4.33. The molecule has 3 nitrogen and oxygen atoms in total. The van der Waals surface area contributed by atoms with Crippen LogP contribution in [0.4, 0.5) is 0 Å². The Hall–Kier alpha value is -2.39. The first kappa shape index (κ1) is 15.2. The summed E-state index contributed by atoms with van der Waals surface area (Å²) in [5.74, 6) is 0.0617. The van der Waals surface area contributed by atoms with Gasteiger partial charge in [0.05, 0.1) is 11.7 Å². The molecule has 1 unspecified atom stereocenters. The second-order valence-electron chi connectivity index (χ2n) is 6.62. The Balaban J connectivity index is 1.57. The highest BCUT2D eigenvalue weighted by Crippen LogP contribution is 2.50. The molecule has 3 heteroatoms. The average molecular weight is 320 g/mol. The van der Waals surface area contributed by atoms with Crippen molar-refractivity contribution in [1.82, 2.24) is 0 Å². The van der Waals surface area contributed by atoms with E-state index >= 15 is 0 Å². The van der Waals surface area contributed by atoms with Gasteiger partial charge in [0.2, 0.25) is 0 Å². The van der Waals surface area contributed by atoms with Gasteiger partial charge in [-0.25, -0.2) is 4.79 Å². The van der Waals surface area contributed by atoms with Crippen LogP contribution in [-0.4, -0.2) is 17.2 Å². The summed E-state index contributed by atoms with van der Waals surface area (Å²) in [5.41, 5.74) is 1.43. The molecule has 0 saturated heterocycles. The van der Waals surface area contributed by atoms with E-state index in [9.17, 15) is 9.90 Å². The fraction of sp³-hybridized carbons (Fsp3) is 0.286. The van der Waals surface area contributed by atoms with Crippen LogP contribution in [0.25, 0.3) is 0 Å². The number of esters is 1. The Morgan fingerprint density at radius 3 is 2.29 bits per heavy atom. The normalized spacial score (nSPS) is 28.7. The average Bonchev–Trinajstić information content (AvgIpc) is 3.24. The molecule has 1 saturated carbocycles. The number of carbonyl (C=O) groups is 1. The van der Waals surface area contributed by atoms with Gasteiger partial charge in [-0.3, -0.25) is 0 Å². The molecular formula is C21H20O3. The molecule has 0 radical (unpaired) electrons. The van der Waals surface area contributed by atoms with E-state index in [0.717, 1.165) is 12.0 Å². The van der Waals surface area contributed by atoms with E-state index < -0.39 is 6.10 Å². The van der Waals surface area contributed by atoms with Crippen molar-refractivity contribution in [3.8, 4) is 0 Å². The lowest BCUT2D eigenvalue weighted by Gasteiger charge is -2.31. The van der Waals surface area contributed by atoms with E-state index in [2.05, 4.69) is 12.2 Å². The number of aliphatic hydroxyl groups excluding tert-OH is 1. The topological polar surface area (TPSA) is 46.5 Å². The lowest BCUT2D eigenvalue weighted by molar-refractivity contribution is -0.0238. The largest absolute Gasteiger partial charge is 0.458 e. The fourth-order valence-electron chi connectivity index (χ4n) is 4.03. The van der Waals surface area contributed by atoms with Crippen LogP contribution < -0.4 is 0 Å². The van der Waals surface area contributed by atoms with Crippen molar-refractivity contribution in [1.29, 1.82) is 0 Å². The molecule has 5 atom stereocenters. The Labute approximate surface area is 141 Å². The molecule has 2 bridgehead atoms. The molecule has 0 heterocycles. The van der Waals surface area contributed by atoms with Gasteiger partial charge in [-0.05, 0) is 30.0 Å². The van der Waals surface area contributed by atoms with Gasteiger partial charge in [0.15, 0.2) is 0 Å². The summed E-state index contributed by atoms with van der Waals surface area (Å²) in [5, 5.41) is 10.9. The van der Waals surface area contributed by atoms with Crippen LogP contribution in [0.15, 0.2) is 72.8 Å². The lowest BCUT2D eigenvalue weighted by atomic mass is 9.83. The maximum atomic E-state index is 12.5. The summed E-state index contributed by atoms with van der Waals surface area (Å²) in [6.45, 7) is 0. The zero-order valence-electron chi connectivity index (χ0n) is 13.3. The predicted molar refractivity (Wildman–Crippen MR) is 91.3 cm³/mol. The van der Waals surface area contributed by atoms with E-state index in [1.165, 1.54) is 0 Å². The quantitative estimate of drug-likeness (QED) is 0.689. The van der Waals surface area contributed by atoms with Crippen molar-refractivity contribution in [2.75, 3.05) is 0 Å². The van der Waals surface area contributed by atoms with E-state index in [-0.39, 0.29) is 29.8 Å². The SMILES string of the molecule is O=C(O[C@H]1[C@H](C(O)c2ccccc2)[C@H]2C=C[C@@H]1C2)c1ccccc1. The first-order chi connectivity index (χ1) is 11.7. The van der Waals surface area contributed by atoms with Crippen molar-refractivity contribution >= 4 is 5.97 Å². The smallest absolute Gasteiger partial charge is 0.338 e. The number of allylic oxidation sites excluding steroid dienone is 1. The molecule has 2 aliphatic carbocycles.